The van der Waals surface area contributed by atoms with Crippen LogP contribution in [0.1, 0.15) is 36.0 Å². The summed E-state index contributed by atoms with van der Waals surface area (Å²) in [4.78, 5) is 55.6. The summed E-state index contributed by atoms with van der Waals surface area (Å²) in [5.41, 5.74) is 3.31. The summed E-state index contributed by atoms with van der Waals surface area (Å²) in [5.74, 6) is -1.98. The Hall–Kier alpha value is -2.66. The van der Waals surface area contributed by atoms with Gasteiger partial charge in [-0.2, -0.15) is 4.31 Å². The Labute approximate surface area is 173 Å². The molecule has 2 N–H and O–H groups in total. The lowest BCUT2D eigenvalue weighted by Crippen LogP contribution is -2.64. The molecule has 3 heterocycles. The van der Waals surface area contributed by atoms with Crippen molar-refractivity contribution in [2.75, 3.05) is 13.1 Å². The molecule has 30 heavy (non-hydrogen) atoms. The first-order valence-corrected chi connectivity index (χ1v) is 11.1. The molecule has 2 amide bonds. The van der Waals surface area contributed by atoms with Crippen LogP contribution in [0.5, 0.6) is 0 Å². The summed E-state index contributed by atoms with van der Waals surface area (Å²) < 4.78 is 26.8. The summed E-state index contributed by atoms with van der Waals surface area (Å²) in [5, 5.41) is -1.23. The third kappa shape index (κ3) is 3.03. The molecule has 2 atom stereocenters. The van der Waals surface area contributed by atoms with Gasteiger partial charge in [-0.05, 0) is 30.9 Å². The van der Waals surface area contributed by atoms with Crippen molar-refractivity contribution in [3.8, 4) is 0 Å². The second-order valence-corrected chi connectivity index (χ2v) is 9.60. The number of likely N-dealkylation sites (tertiary alicyclic amines) is 1. The van der Waals surface area contributed by atoms with Crippen molar-refractivity contribution in [1.82, 2.24) is 14.2 Å². The number of pyridine rings is 1. The molecule has 2 unspecified atom stereocenters. The first-order valence-electron chi connectivity index (χ1n) is 9.65. The van der Waals surface area contributed by atoms with Crippen LogP contribution in [0.2, 0.25) is 0 Å². The van der Waals surface area contributed by atoms with E-state index in [4.69, 9.17) is 5.73 Å². The second-order valence-electron chi connectivity index (χ2n) is 7.81. The molecular formula is C19H21N4O6S. The molecular weight excluding hydrogens is 412 g/mol. The van der Waals surface area contributed by atoms with E-state index in [9.17, 15) is 27.6 Å². The summed E-state index contributed by atoms with van der Waals surface area (Å²) in [6.45, 7) is -0.708. The SMILES string of the molecule is NC(=O)C12C(=O)CN(S(=O)(=O)C(=O)c3cccnc3)C1CCN2C(=O)[CH]CC1CC1. The number of hydrogen-bond donors (Lipinski definition) is 1. The monoisotopic (exact) mass is 433 g/mol. The first-order chi connectivity index (χ1) is 14.2. The third-order valence-corrected chi connectivity index (χ3v) is 7.72. The minimum Gasteiger partial charge on any atom is -0.367 e. The Morgan fingerprint density at radius 3 is 2.60 bits per heavy atom. The van der Waals surface area contributed by atoms with Gasteiger partial charge in [0.05, 0.1) is 24.6 Å². The fourth-order valence-corrected chi connectivity index (χ4v) is 5.83. The molecule has 2 saturated heterocycles. The zero-order valence-corrected chi connectivity index (χ0v) is 16.9. The summed E-state index contributed by atoms with van der Waals surface area (Å²) >= 11 is 0. The highest BCUT2D eigenvalue weighted by Crippen LogP contribution is 2.42. The van der Waals surface area contributed by atoms with Gasteiger partial charge >= 0.3 is 0 Å². The van der Waals surface area contributed by atoms with Gasteiger partial charge < -0.3 is 10.6 Å². The molecule has 3 aliphatic rings. The Bertz CT molecular complexity index is 1020. The average molecular weight is 433 g/mol. The Balaban J connectivity index is 1.66. The molecule has 0 spiro atoms. The van der Waals surface area contributed by atoms with Crippen LogP contribution in [0.25, 0.3) is 0 Å². The molecule has 11 heteroatoms. The minimum absolute atomic E-state index is 0.00749. The molecule has 1 aromatic rings. The number of nitrogens with zero attached hydrogens (tertiary/aromatic N) is 3. The van der Waals surface area contributed by atoms with E-state index in [0.29, 0.717) is 16.6 Å². The molecule has 3 fully saturated rings. The molecule has 0 bridgehead atoms. The van der Waals surface area contributed by atoms with Gasteiger partial charge in [0.15, 0.2) is 11.3 Å². The lowest BCUT2D eigenvalue weighted by Gasteiger charge is -2.34. The van der Waals surface area contributed by atoms with E-state index in [1.165, 1.54) is 24.8 Å². The molecule has 1 aliphatic carbocycles. The maximum atomic E-state index is 13.0. The summed E-state index contributed by atoms with van der Waals surface area (Å²) in [7, 11) is -4.64. The smallest absolute Gasteiger partial charge is 0.293 e. The van der Waals surface area contributed by atoms with Crippen LogP contribution >= 0.6 is 0 Å². The summed E-state index contributed by atoms with van der Waals surface area (Å²) in [6, 6.07) is 1.49. The van der Waals surface area contributed by atoms with E-state index in [2.05, 4.69) is 4.98 Å². The van der Waals surface area contributed by atoms with E-state index in [1.54, 1.807) is 0 Å². The van der Waals surface area contributed by atoms with E-state index in [0.717, 1.165) is 23.9 Å². The van der Waals surface area contributed by atoms with Gasteiger partial charge in [0.25, 0.3) is 21.0 Å². The highest BCUT2D eigenvalue weighted by Gasteiger charge is 2.68. The van der Waals surface area contributed by atoms with Gasteiger partial charge in [0.1, 0.15) is 0 Å². The molecule has 2 aliphatic heterocycles. The van der Waals surface area contributed by atoms with Gasteiger partial charge in [-0.25, -0.2) is 8.42 Å². The van der Waals surface area contributed by atoms with Crippen molar-refractivity contribution in [3.63, 3.8) is 0 Å². The average Bonchev–Trinajstić information content (AvgIpc) is 3.38. The maximum absolute atomic E-state index is 13.0. The predicted octanol–water partition coefficient (Wildman–Crippen LogP) is -0.734. The van der Waals surface area contributed by atoms with Crippen molar-refractivity contribution in [2.24, 2.45) is 11.7 Å². The molecule has 1 radical (unpaired) electrons. The molecule has 0 aromatic carbocycles. The van der Waals surface area contributed by atoms with Crippen LogP contribution in [0, 0.1) is 12.3 Å². The number of Topliss-reactive ketones (excluding diaryl/α,β-unsaturated/α-hetero) is 1. The number of fused-ring (bicyclic) bond motifs is 1. The Kier molecular flexibility index (Phi) is 4.97. The number of aromatic nitrogens is 1. The van der Waals surface area contributed by atoms with E-state index in [-0.39, 0.29) is 18.5 Å². The predicted molar refractivity (Wildman–Crippen MR) is 103 cm³/mol. The zero-order chi connectivity index (χ0) is 21.7. The second kappa shape index (κ2) is 7.24. The fourth-order valence-electron chi connectivity index (χ4n) is 4.32. The van der Waals surface area contributed by atoms with Crippen molar-refractivity contribution in [3.05, 3.63) is 36.5 Å². The molecule has 10 nitrogen and oxygen atoms in total. The van der Waals surface area contributed by atoms with E-state index in [1.807, 2.05) is 0 Å². The topological polar surface area (TPSA) is 148 Å². The standard InChI is InChI=1S/C19H21N4O6S/c20-18(27)19-14(7-9-22(19)16(25)6-5-12-3-4-12)23(11-15(19)24)30(28,29)17(26)13-2-1-8-21-10-13/h1-2,6,8,10,12,14H,3-5,7,9,11H2,(H2,20,27). The molecule has 159 valence electrons. The summed E-state index contributed by atoms with van der Waals surface area (Å²) in [6.07, 6.45) is 6.53. The Morgan fingerprint density at radius 2 is 2.00 bits per heavy atom. The number of rotatable bonds is 6. The number of sulfonamides is 1. The molecule has 4 rings (SSSR count). The number of carbonyl (C=O) groups excluding carboxylic acids is 4. The molecule has 1 aromatic heterocycles. The van der Waals surface area contributed by atoms with Crippen LogP contribution < -0.4 is 5.73 Å². The van der Waals surface area contributed by atoms with E-state index >= 15 is 0 Å². The van der Waals surface area contributed by atoms with Crippen molar-refractivity contribution >= 4 is 32.7 Å². The number of carbonyl (C=O) groups is 4. The normalized spacial score (nSPS) is 26.6. The van der Waals surface area contributed by atoms with Gasteiger partial charge in [0.2, 0.25) is 5.91 Å². The van der Waals surface area contributed by atoms with E-state index < -0.39 is 50.9 Å². The highest BCUT2D eigenvalue weighted by molar-refractivity contribution is 8.04. The van der Waals surface area contributed by atoms with Crippen LogP contribution in [0.15, 0.2) is 24.5 Å². The van der Waals surface area contributed by atoms with Crippen molar-refractivity contribution < 1.29 is 27.6 Å². The van der Waals surface area contributed by atoms with Gasteiger partial charge in [-0.1, -0.05) is 12.8 Å². The van der Waals surface area contributed by atoms with Gasteiger partial charge in [-0.3, -0.25) is 24.2 Å². The van der Waals surface area contributed by atoms with Crippen molar-refractivity contribution in [2.45, 2.75) is 37.3 Å². The van der Waals surface area contributed by atoms with Gasteiger partial charge in [0, 0.05) is 18.9 Å². The largest absolute Gasteiger partial charge is 0.367 e. The van der Waals surface area contributed by atoms with Crippen LogP contribution in [-0.4, -0.2) is 70.0 Å². The number of primary amides is 1. The highest BCUT2D eigenvalue weighted by atomic mass is 32.2. The number of nitrogens with two attached hydrogens (primary N) is 1. The molecule has 1 saturated carbocycles. The van der Waals surface area contributed by atoms with Crippen LogP contribution in [0.3, 0.4) is 0 Å². The lowest BCUT2D eigenvalue weighted by atomic mass is 9.89. The minimum atomic E-state index is -4.64. The van der Waals surface area contributed by atoms with Crippen LogP contribution in [-0.2, 0) is 24.4 Å². The van der Waals surface area contributed by atoms with Crippen molar-refractivity contribution in [1.29, 1.82) is 0 Å². The Morgan fingerprint density at radius 1 is 1.27 bits per heavy atom. The van der Waals surface area contributed by atoms with Crippen LogP contribution in [0.4, 0.5) is 0 Å². The zero-order valence-electron chi connectivity index (χ0n) is 16.1. The third-order valence-electron chi connectivity index (χ3n) is 6.01. The lowest BCUT2D eigenvalue weighted by molar-refractivity contribution is -0.147. The number of hydrogen-bond acceptors (Lipinski definition) is 7. The quantitative estimate of drug-likeness (QED) is 0.581. The first kappa shape index (κ1) is 20.6. The number of ketones is 1. The number of amides is 2. The van der Waals surface area contributed by atoms with Gasteiger partial charge in [-0.15, -0.1) is 0 Å². The maximum Gasteiger partial charge on any atom is 0.293 e. The fraction of sp³-hybridized carbons (Fsp3) is 0.474.